The van der Waals surface area contributed by atoms with Gasteiger partial charge in [0.25, 0.3) is 28.1 Å². The van der Waals surface area contributed by atoms with Crippen molar-refractivity contribution in [2.24, 2.45) is 17.2 Å². The van der Waals surface area contributed by atoms with Crippen molar-refractivity contribution in [2.45, 2.75) is 95.0 Å². The lowest BCUT2D eigenvalue weighted by molar-refractivity contribution is -0.147. The summed E-state index contributed by atoms with van der Waals surface area (Å²) in [6.07, 6.45) is 0.663. The molecule has 0 spiro atoms. The van der Waals surface area contributed by atoms with Crippen molar-refractivity contribution in [2.75, 3.05) is 26.7 Å². The molecule has 0 saturated heterocycles. The van der Waals surface area contributed by atoms with Gasteiger partial charge in [-0.25, -0.2) is 19.2 Å². The van der Waals surface area contributed by atoms with Crippen molar-refractivity contribution >= 4 is 91.9 Å². The van der Waals surface area contributed by atoms with Gasteiger partial charge in [0.15, 0.2) is 17.6 Å². The fourth-order valence-corrected chi connectivity index (χ4v) is 10.1. The number of primary amides is 1. The van der Waals surface area contributed by atoms with Crippen LogP contribution in [0.25, 0.3) is 32.7 Å². The van der Waals surface area contributed by atoms with E-state index < -0.39 is 166 Å². The lowest BCUT2D eigenvalue weighted by atomic mass is 10.1. The number of benzene rings is 3. The van der Waals surface area contributed by atoms with Crippen LogP contribution in [0.3, 0.4) is 0 Å². The summed E-state index contributed by atoms with van der Waals surface area (Å²) in [4.78, 5) is 233. The van der Waals surface area contributed by atoms with Crippen LogP contribution < -0.4 is 105 Å². The zero-order valence-corrected chi connectivity index (χ0v) is 51.0. The van der Waals surface area contributed by atoms with Crippen LogP contribution in [0.15, 0.2) is 123 Å². The summed E-state index contributed by atoms with van der Waals surface area (Å²) >= 11 is 0. The van der Waals surface area contributed by atoms with Crippen molar-refractivity contribution in [1.82, 2.24) is 85.6 Å². The molecule has 0 aliphatic rings. The van der Waals surface area contributed by atoms with Gasteiger partial charge in [0.2, 0.25) is 41.4 Å². The number of guanidine groups is 2. The number of nitrogens with two attached hydrogens (primary N) is 3. The highest BCUT2D eigenvalue weighted by Crippen LogP contribution is 2.16. The lowest BCUT2D eigenvalue weighted by Gasteiger charge is -2.35. The van der Waals surface area contributed by atoms with Crippen molar-refractivity contribution in [3.63, 3.8) is 0 Å². The van der Waals surface area contributed by atoms with Crippen LogP contribution in [-0.2, 0) is 63.7 Å². The minimum absolute atomic E-state index is 0.0125. The van der Waals surface area contributed by atoms with Crippen molar-refractivity contribution in [3.8, 4) is 0 Å². The summed E-state index contributed by atoms with van der Waals surface area (Å²) in [5, 5.41) is 33.7. The highest BCUT2D eigenvalue weighted by atomic mass is 16.2. The molecule has 0 unspecified atom stereocenters. The monoisotopic (exact) mass is 1320 g/mol. The number of para-hydroxylation sites is 3. The van der Waals surface area contributed by atoms with Crippen LogP contribution in [0.1, 0.15) is 39.5 Å². The van der Waals surface area contributed by atoms with Crippen LogP contribution in [0.5, 0.6) is 0 Å². The van der Waals surface area contributed by atoms with E-state index in [1.807, 2.05) is 4.98 Å². The van der Waals surface area contributed by atoms with Crippen LogP contribution >= 0.6 is 0 Å². The van der Waals surface area contributed by atoms with E-state index in [2.05, 4.69) is 57.5 Å². The molecule has 0 aliphatic carbocycles. The normalized spacial score (nSPS) is 13.3. The second-order valence-electron chi connectivity index (χ2n) is 21.8. The number of aromatic nitrogens is 8. The van der Waals surface area contributed by atoms with Crippen molar-refractivity contribution in [1.29, 1.82) is 10.8 Å². The number of hydrogen-bond acceptors (Lipinski definition) is 18. The van der Waals surface area contributed by atoms with Crippen molar-refractivity contribution < 1.29 is 38.4 Å². The van der Waals surface area contributed by atoms with Gasteiger partial charge in [0.1, 0.15) is 30.2 Å². The van der Waals surface area contributed by atoms with Crippen LogP contribution in [-0.4, -0.2) is 159 Å². The standard InChI is InChI=1S/C57H68N22O16/c1-28(80)65-36(19-11-22-64-52(61)62)46(87)74-57(2,79-23-20-40(81)73-56(79)95)50(91)75(3)27-41(82)66-37(24-76-47(88)29-12-4-7-15-32(29)70-53(76)92)43(84)68-39(26-78-49(90)31-14-6-9-17-34(31)72-55(78)94)45(86)69-38(44(85)67-35(42(58)83)18-10-21-63-51(59)60)25-77-48(89)30-13-5-8-16-33(30)71-54(77)93/h4-9,12-17,20,23,35-39H,10-11,18-19,21-22,24-27H2,1-3H3,(H2,58,83)(H,65,80)(H,66,82)(H,67,85)(H,68,84)(H,69,86)(H,70,92)(H,71,93)(H,72,94)(H,74,87)(H4,59,60,63)(H4,61,62,64)(H,73,81,95)/t35-,36-,37+,38+,39+,57-/m0/s1. The largest absolute Gasteiger partial charge is 0.370 e. The Labute approximate surface area is 532 Å². The van der Waals surface area contributed by atoms with E-state index in [-0.39, 0.29) is 71.5 Å². The summed E-state index contributed by atoms with van der Waals surface area (Å²) in [5.41, 5.74) is 5.30. The number of rotatable bonds is 29. The summed E-state index contributed by atoms with van der Waals surface area (Å²) in [6.45, 7) is -2.25. The zero-order chi connectivity index (χ0) is 69.6. The molecule has 38 nitrogen and oxygen atoms in total. The Kier molecular flexibility index (Phi) is 22.5. The topological polar surface area (TPSA) is 581 Å². The van der Waals surface area contributed by atoms with Gasteiger partial charge in [-0.3, -0.25) is 91.6 Å². The predicted molar refractivity (Wildman–Crippen MR) is 340 cm³/mol. The third kappa shape index (κ3) is 17.3. The Balaban J connectivity index is 1.29. The smallest absolute Gasteiger partial charge is 0.330 e. The van der Waals surface area contributed by atoms with Crippen LogP contribution in [0, 0.1) is 10.8 Å². The molecule has 4 heterocycles. The van der Waals surface area contributed by atoms with E-state index >= 15 is 9.59 Å². The number of carbonyl (C=O) groups excluding carboxylic acids is 8. The maximum Gasteiger partial charge on any atom is 0.330 e. The summed E-state index contributed by atoms with van der Waals surface area (Å²) in [7, 11) is 0.998. The summed E-state index contributed by atoms with van der Waals surface area (Å²) in [5.74, 6) is -10.5. The molecule has 7 aromatic rings. The van der Waals surface area contributed by atoms with Gasteiger partial charge in [0, 0.05) is 39.3 Å². The molecule has 20 N–H and O–H groups in total. The van der Waals surface area contributed by atoms with Gasteiger partial charge < -0.3 is 79.6 Å². The molecule has 0 radical (unpaired) electrons. The minimum Gasteiger partial charge on any atom is -0.370 e. The molecule has 4 aromatic heterocycles. The Morgan fingerprint density at radius 2 is 0.905 bits per heavy atom. The Bertz CT molecular complexity index is 4700. The Morgan fingerprint density at radius 1 is 0.516 bits per heavy atom. The first-order chi connectivity index (χ1) is 45.0. The zero-order valence-electron chi connectivity index (χ0n) is 51.0. The van der Waals surface area contributed by atoms with E-state index in [9.17, 15) is 67.1 Å². The second kappa shape index (κ2) is 30.5. The van der Waals surface area contributed by atoms with Gasteiger partial charge >= 0.3 is 22.8 Å². The molecule has 502 valence electrons. The van der Waals surface area contributed by atoms with E-state index in [1.165, 1.54) is 72.8 Å². The van der Waals surface area contributed by atoms with E-state index in [1.54, 1.807) is 0 Å². The number of nitrogens with one attached hydrogen (secondary N) is 14. The van der Waals surface area contributed by atoms with Crippen LogP contribution in [0.4, 0.5) is 0 Å². The molecule has 0 saturated carbocycles. The van der Waals surface area contributed by atoms with E-state index in [4.69, 9.17) is 28.0 Å². The average Bonchev–Trinajstić information content (AvgIpc) is 0.802. The number of hydrogen-bond donors (Lipinski definition) is 17. The minimum atomic E-state index is -2.58. The molecule has 0 bridgehead atoms. The molecule has 6 atom stereocenters. The molecule has 38 heteroatoms. The fraction of sp³-hybridized carbons (Fsp3) is 0.333. The van der Waals surface area contributed by atoms with Gasteiger partial charge in [0.05, 0.1) is 58.9 Å². The molecular formula is C57H68N22O16. The summed E-state index contributed by atoms with van der Waals surface area (Å²) < 4.78 is 2.07. The van der Waals surface area contributed by atoms with E-state index in [0.29, 0.717) is 23.2 Å². The third-order valence-corrected chi connectivity index (χ3v) is 14.8. The molecule has 0 fully saturated rings. The first-order valence-electron chi connectivity index (χ1n) is 29.0. The fourth-order valence-electron chi connectivity index (χ4n) is 10.1. The third-order valence-electron chi connectivity index (χ3n) is 14.8. The predicted octanol–water partition coefficient (Wildman–Crippen LogP) is -7.65. The maximum absolute atomic E-state index is 15.2. The molecule has 3 aromatic carbocycles. The quantitative estimate of drug-likeness (QED) is 0.0118. The number of amides is 8. The van der Waals surface area contributed by atoms with Gasteiger partial charge in [-0.05, 0) is 69.0 Å². The Morgan fingerprint density at radius 3 is 1.29 bits per heavy atom. The first-order valence-corrected chi connectivity index (χ1v) is 29.0. The Hall–Kier alpha value is -12.5. The van der Waals surface area contributed by atoms with E-state index in [0.717, 1.165) is 33.2 Å². The molecule has 95 heavy (non-hydrogen) atoms. The maximum atomic E-state index is 15.2. The number of H-pyrrole nitrogens is 4. The number of nitrogens with zero attached hydrogens (tertiary/aromatic N) is 5. The second-order valence-corrected chi connectivity index (χ2v) is 21.8. The highest BCUT2D eigenvalue weighted by Gasteiger charge is 2.43. The van der Waals surface area contributed by atoms with Crippen molar-refractivity contribution in [3.05, 3.63) is 168 Å². The highest BCUT2D eigenvalue weighted by molar-refractivity contribution is 5.97. The molecule has 8 amide bonds. The molecular weight excluding hydrogens is 1250 g/mol. The number of carbonyl (C=O) groups is 8. The number of fused-ring (bicyclic) bond motifs is 3. The SMILES string of the molecule is CC(=O)N[C@@H](CCCNC(=N)N)C(=O)N[C@](C)(C(=O)N(C)CC(=O)N[C@H](Cn1c(=O)[nH]c2ccccc2c1=O)C(=O)N[C@H](Cn1c(=O)[nH]c2ccccc2c1=O)C(=O)N[C@H](Cn1c(=O)[nH]c2ccccc2c1=O)C(=O)N[C@@H](CCCNC(=N)N)C(N)=O)n1ccc(=O)[nH]c1=O. The number of likely N-dealkylation sites (N-methyl/N-ethyl adjacent to an activating group) is 1. The molecule has 7 rings (SSSR count). The number of aromatic amines is 4. The first kappa shape index (κ1) is 69.9. The summed E-state index contributed by atoms with van der Waals surface area (Å²) in [6, 6.07) is 8.24. The lowest BCUT2D eigenvalue weighted by Crippen LogP contribution is -2.65. The average molecular weight is 1320 g/mol. The van der Waals surface area contributed by atoms with Gasteiger partial charge in [-0.15, -0.1) is 0 Å². The van der Waals surface area contributed by atoms with Crippen LogP contribution in [0.2, 0.25) is 0 Å². The molecule has 0 aliphatic heterocycles. The van der Waals surface area contributed by atoms with Gasteiger partial charge in [-0.1, -0.05) is 36.4 Å². The van der Waals surface area contributed by atoms with Gasteiger partial charge in [-0.2, -0.15) is 0 Å².